The predicted molar refractivity (Wildman–Crippen MR) is 114 cm³/mol. The summed E-state index contributed by atoms with van der Waals surface area (Å²) in [5.41, 5.74) is 6.05. The highest BCUT2D eigenvalue weighted by atomic mass is 79.9. The molecule has 0 aliphatic heterocycles. The second-order valence-corrected chi connectivity index (χ2v) is 7.26. The molecule has 0 bridgehead atoms. The second kappa shape index (κ2) is 6.15. The Hall–Kier alpha value is -2.84. The zero-order chi connectivity index (χ0) is 17.5. The van der Waals surface area contributed by atoms with Crippen molar-refractivity contribution in [2.24, 2.45) is 0 Å². The van der Waals surface area contributed by atoms with E-state index in [0.717, 1.165) is 4.47 Å². The number of benzene rings is 4. The first-order valence-corrected chi connectivity index (χ1v) is 9.46. The van der Waals surface area contributed by atoms with Crippen molar-refractivity contribution >= 4 is 37.7 Å². The monoisotopic (exact) mass is 397 g/mol. The SMILES string of the molecule is Brc1cccc2c3ccccc3n(-c3cccc(-c4ccccc4)c3)c12. The van der Waals surface area contributed by atoms with Crippen LogP contribution in [0.3, 0.4) is 0 Å². The molecule has 0 fully saturated rings. The van der Waals surface area contributed by atoms with Crippen LogP contribution in [-0.4, -0.2) is 4.57 Å². The van der Waals surface area contributed by atoms with E-state index in [9.17, 15) is 0 Å². The van der Waals surface area contributed by atoms with Crippen molar-refractivity contribution < 1.29 is 0 Å². The van der Waals surface area contributed by atoms with Gasteiger partial charge in [-0.15, -0.1) is 0 Å². The van der Waals surface area contributed by atoms with Crippen LogP contribution < -0.4 is 0 Å². The van der Waals surface area contributed by atoms with Crippen LogP contribution >= 0.6 is 15.9 Å². The Balaban J connectivity index is 1.85. The van der Waals surface area contributed by atoms with E-state index in [2.05, 4.69) is 118 Å². The van der Waals surface area contributed by atoms with Crippen LogP contribution in [0.2, 0.25) is 0 Å². The van der Waals surface area contributed by atoms with Crippen LogP contribution in [0.5, 0.6) is 0 Å². The summed E-state index contributed by atoms with van der Waals surface area (Å²) in [6.45, 7) is 0. The number of nitrogens with zero attached hydrogens (tertiary/aromatic N) is 1. The Labute approximate surface area is 160 Å². The normalized spacial score (nSPS) is 11.3. The van der Waals surface area contributed by atoms with Gasteiger partial charge in [-0.3, -0.25) is 0 Å². The van der Waals surface area contributed by atoms with Crippen LogP contribution in [0.4, 0.5) is 0 Å². The highest BCUT2D eigenvalue weighted by Crippen LogP contribution is 2.36. The van der Waals surface area contributed by atoms with Gasteiger partial charge in [0, 0.05) is 20.9 Å². The molecule has 5 rings (SSSR count). The number of fused-ring (bicyclic) bond motifs is 3. The third-order valence-corrected chi connectivity index (χ3v) is 5.50. The van der Waals surface area contributed by atoms with E-state index >= 15 is 0 Å². The fourth-order valence-electron chi connectivity index (χ4n) is 3.70. The summed E-state index contributed by atoms with van der Waals surface area (Å²) in [7, 11) is 0. The van der Waals surface area contributed by atoms with Crippen molar-refractivity contribution in [2.75, 3.05) is 0 Å². The molecule has 2 heteroatoms. The molecule has 0 saturated heterocycles. The van der Waals surface area contributed by atoms with E-state index in [4.69, 9.17) is 0 Å². The van der Waals surface area contributed by atoms with Crippen molar-refractivity contribution in [3.63, 3.8) is 0 Å². The molecule has 26 heavy (non-hydrogen) atoms. The highest BCUT2D eigenvalue weighted by molar-refractivity contribution is 9.10. The van der Waals surface area contributed by atoms with E-state index in [1.165, 1.54) is 38.6 Å². The van der Waals surface area contributed by atoms with Crippen LogP contribution in [0.1, 0.15) is 0 Å². The Morgan fingerprint density at radius 2 is 1.27 bits per heavy atom. The van der Waals surface area contributed by atoms with Crippen LogP contribution in [0, 0.1) is 0 Å². The largest absolute Gasteiger partial charge is 0.308 e. The fraction of sp³-hybridized carbons (Fsp3) is 0. The van der Waals surface area contributed by atoms with Crippen LogP contribution in [-0.2, 0) is 0 Å². The van der Waals surface area contributed by atoms with Gasteiger partial charge in [0.05, 0.1) is 11.0 Å². The molecule has 0 aliphatic carbocycles. The molecule has 1 aromatic heterocycles. The van der Waals surface area contributed by atoms with Gasteiger partial charge in [-0.2, -0.15) is 0 Å². The van der Waals surface area contributed by atoms with Gasteiger partial charge in [-0.25, -0.2) is 0 Å². The molecular weight excluding hydrogens is 382 g/mol. The number of hydrogen-bond acceptors (Lipinski definition) is 0. The minimum Gasteiger partial charge on any atom is -0.308 e. The molecule has 0 saturated carbocycles. The number of rotatable bonds is 2. The van der Waals surface area contributed by atoms with Gasteiger partial charge >= 0.3 is 0 Å². The summed E-state index contributed by atoms with van der Waals surface area (Å²) >= 11 is 3.77. The first kappa shape index (κ1) is 15.4. The molecular formula is C24H16BrN. The Morgan fingerprint density at radius 1 is 0.577 bits per heavy atom. The van der Waals surface area contributed by atoms with Gasteiger partial charge in [-0.1, -0.05) is 72.8 Å². The maximum Gasteiger partial charge on any atom is 0.0683 e. The summed E-state index contributed by atoms with van der Waals surface area (Å²) in [5.74, 6) is 0. The number of aromatic nitrogens is 1. The summed E-state index contributed by atoms with van der Waals surface area (Å²) in [6, 6.07) is 34.3. The van der Waals surface area contributed by atoms with Gasteiger partial charge in [0.1, 0.15) is 0 Å². The van der Waals surface area contributed by atoms with E-state index < -0.39 is 0 Å². The quantitative estimate of drug-likeness (QED) is 0.296. The van der Waals surface area contributed by atoms with Gasteiger partial charge in [0.2, 0.25) is 0 Å². The van der Waals surface area contributed by atoms with Crippen molar-refractivity contribution in [1.82, 2.24) is 4.57 Å². The topological polar surface area (TPSA) is 4.93 Å². The zero-order valence-corrected chi connectivity index (χ0v) is 15.6. The smallest absolute Gasteiger partial charge is 0.0683 e. The number of halogens is 1. The van der Waals surface area contributed by atoms with Crippen molar-refractivity contribution in [1.29, 1.82) is 0 Å². The van der Waals surface area contributed by atoms with Gasteiger partial charge < -0.3 is 4.57 Å². The lowest BCUT2D eigenvalue weighted by atomic mass is 10.1. The van der Waals surface area contributed by atoms with Gasteiger partial charge in [0.15, 0.2) is 0 Å². The van der Waals surface area contributed by atoms with Crippen molar-refractivity contribution in [3.8, 4) is 16.8 Å². The van der Waals surface area contributed by atoms with Crippen molar-refractivity contribution in [2.45, 2.75) is 0 Å². The number of para-hydroxylation sites is 2. The summed E-state index contributed by atoms with van der Waals surface area (Å²) in [4.78, 5) is 0. The van der Waals surface area contributed by atoms with Crippen LogP contribution in [0.25, 0.3) is 38.6 Å². The molecule has 0 radical (unpaired) electrons. The molecule has 4 aromatic carbocycles. The van der Waals surface area contributed by atoms with Gasteiger partial charge in [-0.05, 0) is 51.3 Å². The lowest BCUT2D eigenvalue weighted by Gasteiger charge is -2.11. The third-order valence-electron chi connectivity index (χ3n) is 4.86. The standard InChI is InChI=1S/C24H16BrN/c25-22-14-7-13-21-20-12-4-5-15-23(20)26(24(21)22)19-11-6-10-18(16-19)17-8-2-1-3-9-17/h1-16H. The fourth-order valence-corrected chi connectivity index (χ4v) is 4.24. The lowest BCUT2D eigenvalue weighted by Crippen LogP contribution is -1.94. The molecule has 0 spiro atoms. The maximum atomic E-state index is 3.77. The van der Waals surface area contributed by atoms with E-state index in [-0.39, 0.29) is 0 Å². The van der Waals surface area contributed by atoms with Crippen molar-refractivity contribution in [3.05, 3.63) is 102 Å². The van der Waals surface area contributed by atoms with E-state index in [1.807, 2.05) is 0 Å². The molecule has 0 unspecified atom stereocenters. The second-order valence-electron chi connectivity index (χ2n) is 6.40. The summed E-state index contributed by atoms with van der Waals surface area (Å²) in [5, 5.41) is 2.54. The summed E-state index contributed by atoms with van der Waals surface area (Å²) < 4.78 is 3.46. The average Bonchev–Trinajstić information content (AvgIpc) is 3.05. The zero-order valence-electron chi connectivity index (χ0n) is 14.1. The van der Waals surface area contributed by atoms with E-state index in [1.54, 1.807) is 0 Å². The average molecular weight is 398 g/mol. The molecule has 124 valence electrons. The molecule has 0 aliphatic rings. The van der Waals surface area contributed by atoms with Crippen LogP contribution in [0.15, 0.2) is 102 Å². The molecule has 5 aromatic rings. The predicted octanol–water partition coefficient (Wildman–Crippen LogP) is 7.21. The molecule has 0 atom stereocenters. The Kier molecular flexibility index (Phi) is 3.65. The van der Waals surface area contributed by atoms with Gasteiger partial charge in [0.25, 0.3) is 0 Å². The van der Waals surface area contributed by atoms with E-state index in [0.29, 0.717) is 0 Å². The number of hydrogen-bond donors (Lipinski definition) is 0. The Bertz CT molecular complexity index is 1240. The minimum atomic E-state index is 1.11. The molecule has 1 heterocycles. The first-order chi connectivity index (χ1) is 12.8. The lowest BCUT2D eigenvalue weighted by molar-refractivity contribution is 1.18. The summed E-state index contributed by atoms with van der Waals surface area (Å²) in [6.07, 6.45) is 0. The minimum absolute atomic E-state index is 1.11. The highest BCUT2D eigenvalue weighted by Gasteiger charge is 2.14. The maximum absolute atomic E-state index is 3.77. The Morgan fingerprint density at radius 3 is 2.15 bits per heavy atom. The molecule has 1 nitrogen and oxygen atoms in total. The first-order valence-electron chi connectivity index (χ1n) is 8.66. The molecule has 0 amide bonds. The molecule has 0 N–H and O–H groups in total. The third kappa shape index (κ3) is 2.38.